The summed E-state index contributed by atoms with van der Waals surface area (Å²) < 4.78 is 0. The number of nitriles is 1. The summed E-state index contributed by atoms with van der Waals surface area (Å²) in [6.45, 7) is 0. The third-order valence-electron chi connectivity index (χ3n) is 2.71. The Morgan fingerprint density at radius 3 is 2.47 bits per heavy atom. The van der Waals surface area contributed by atoms with Gasteiger partial charge in [-0.3, -0.25) is 4.79 Å². The van der Waals surface area contributed by atoms with E-state index in [9.17, 15) is 10.1 Å². The van der Waals surface area contributed by atoms with E-state index in [1.807, 2.05) is 6.07 Å². The molecular weight excluding hydrogens is 281 g/mol. The van der Waals surface area contributed by atoms with Crippen molar-refractivity contribution < 1.29 is 4.79 Å². The van der Waals surface area contributed by atoms with Gasteiger partial charge in [0.25, 0.3) is 0 Å². The lowest BCUT2D eigenvalue weighted by Gasteiger charge is -2.10. The smallest absolute Gasteiger partial charge is 0.185 e. The van der Waals surface area contributed by atoms with Crippen LogP contribution in [0.4, 0.5) is 0 Å². The van der Waals surface area contributed by atoms with Gasteiger partial charge < -0.3 is 0 Å². The van der Waals surface area contributed by atoms with Crippen molar-refractivity contribution >= 4 is 29.0 Å². The SMILES string of the molecule is N#CC(C(=O)c1ccccc1Cl)c1cccc(Cl)c1. The second-order valence-electron chi connectivity index (χ2n) is 3.96. The molecule has 0 saturated carbocycles. The maximum atomic E-state index is 12.4. The molecule has 1 atom stereocenters. The molecule has 0 fully saturated rings. The number of nitrogens with zero attached hydrogens (tertiary/aromatic N) is 1. The van der Waals surface area contributed by atoms with E-state index < -0.39 is 5.92 Å². The van der Waals surface area contributed by atoms with E-state index in [-0.39, 0.29) is 5.78 Å². The minimum Gasteiger partial charge on any atom is -0.292 e. The van der Waals surface area contributed by atoms with E-state index in [1.54, 1.807) is 48.5 Å². The molecule has 0 aliphatic rings. The topological polar surface area (TPSA) is 40.9 Å². The Morgan fingerprint density at radius 2 is 1.84 bits per heavy atom. The predicted molar refractivity (Wildman–Crippen MR) is 75.6 cm³/mol. The summed E-state index contributed by atoms with van der Waals surface area (Å²) in [6.07, 6.45) is 0. The van der Waals surface area contributed by atoms with Crippen molar-refractivity contribution in [3.63, 3.8) is 0 Å². The molecular formula is C15H9Cl2NO. The zero-order chi connectivity index (χ0) is 13.8. The quantitative estimate of drug-likeness (QED) is 0.782. The van der Waals surface area contributed by atoms with Gasteiger partial charge in [0.2, 0.25) is 0 Å². The number of halogens is 2. The van der Waals surface area contributed by atoms with Crippen LogP contribution in [-0.4, -0.2) is 5.78 Å². The molecule has 0 spiro atoms. The second kappa shape index (κ2) is 5.88. The van der Waals surface area contributed by atoms with Crippen LogP contribution < -0.4 is 0 Å². The highest BCUT2D eigenvalue weighted by atomic mass is 35.5. The molecule has 2 aromatic carbocycles. The summed E-state index contributed by atoms with van der Waals surface area (Å²) in [7, 11) is 0. The van der Waals surface area contributed by atoms with Crippen molar-refractivity contribution in [2.45, 2.75) is 5.92 Å². The van der Waals surface area contributed by atoms with Gasteiger partial charge in [-0.15, -0.1) is 0 Å². The standard InChI is InChI=1S/C15H9Cl2NO/c16-11-5-3-4-10(8-11)13(9-18)15(19)12-6-1-2-7-14(12)17/h1-8,13H. The maximum Gasteiger partial charge on any atom is 0.185 e. The van der Waals surface area contributed by atoms with Gasteiger partial charge in [0.15, 0.2) is 5.78 Å². The Morgan fingerprint density at radius 1 is 1.11 bits per heavy atom. The average molecular weight is 290 g/mol. The minimum atomic E-state index is -0.904. The Kier molecular flexibility index (Phi) is 4.21. The zero-order valence-corrected chi connectivity index (χ0v) is 11.3. The van der Waals surface area contributed by atoms with Gasteiger partial charge in [-0.2, -0.15) is 5.26 Å². The Bertz CT molecular complexity index is 661. The molecule has 0 N–H and O–H groups in total. The van der Waals surface area contributed by atoms with E-state index in [0.29, 0.717) is 21.2 Å². The fourth-order valence-corrected chi connectivity index (χ4v) is 2.21. The molecule has 0 aliphatic carbocycles. The molecule has 0 aromatic heterocycles. The molecule has 4 heteroatoms. The maximum absolute atomic E-state index is 12.4. The molecule has 94 valence electrons. The lowest BCUT2D eigenvalue weighted by atomic mass is 9.92. The van der Waals surface area contributed by atoms with Crippen molar-refractivity contribution in [1.82, 2.24) is 0 Å². The summed E-state index contributed by atoms with van der Waals surface area (Å²) >= 11 is 11.9. The fraction of sp³-hybridized carbons (Fsp3) is 0.0667. The third-order valence-corrected chi connectivity index (χ3v) is 3.28. The molecule has 2 aromatic rings. The first kappa shape index (κ1) is 13.6. The predicted octanol–water partition coefficient (Wildman–Crippen LogP) is 4.48. The zero-order valence-electron chi connectivity index (χ0n) is 9.81. The van der Waals surface area contributed by atoms with Gasteiger partial charge in [-0.25, -0.2) is 0 Å². The number of rotatable bonds is 3. The van der Waals surface area contributed by atoms with Gasteiger partial charge in [0.1, 0.15) is 5.92 Å². The molecule has 0 radical (unpaired) electrons. The molecule has 2 nitrogen and oxygen atoms in total. The number of carbonyl (C=O) groups excluding carboxylic acids is 1. The highest BCUT2D eigenvalue weighted by Crippen LogP contribution is 2.26. The monoisotopic (exact) mass is 289 g/mol. The molecule has 1 unspecified atom stereocenters. The van der Waals surface area contributed by atoms with Gasteiger partial charge in [0, 0.05) is 10.6 Å². The van der Waals surface area contributed by atoms with Crippen LogP contribution in [0.5, 0.6) is 0 Å². The van der Waals surface area contributed by atoms with Crippen molar-refractivity contribution in [3.8, 4) is 6.07 Å². The van der Waals surface area contributed by atoms with E-state index in [2.05, 4.69) is 0 Å². The molecule has 19 heavy (non-hydrogen) atoms. The Balaban J connectivity index is 2.42. The summed E-state index contributed by atoms with van der Waals surface area (Å²) in [6, 6.07) is 15.4. The number of hydrogen-bond acceptors (Lipinski definition) is 2. The highest BCUT2D eigenvalue weighted by Gasteiger charge is 2.23. The number of hydrogen-bond donors (Lipinski definition) is 0. The van der Waals surface area contributed by atoms with Crippen LogP contribution >= 0.6 is 23.2 Å². The summed E-state index contributed by atoms with van der Waals surface area (Å²) in [5.41, 5.74) is 0.913. The Labute approximate surface area is 121 Å². The number of carbonyl (C=O) groups is 1. The van der Waals surface area contributed by atoms with Crippen LogP contribution in [0, 0.1) is 11.3 Å². The molecule has 0 aliphatic heterocycles. The van der Waals surface area contributed by atoms with E-state index in [1.165, 1.54) is 0 Å². The molecule has 0 bridgehead atoms. The fourth-order valence-electron chi connectivity index (χ4n) is 1.79. The van der Waals surface area contributed by atoms with Gasteiger partial charge in [-0.1, -0.05) is 47.5 Å². The Hall–Kier alpha value is -1.82. The highest BCUT2D eigenvalue weighted by molar-refractivity contribution is 6.34. The van der Waals surface area contributed by atoms with E-state index in [0.717, 1.165) is 0 Å². The molecule has 2 rings (SSSR count). The largest absolute Gasteiger partial charge is 0.292 e. The normalized spacial score (nSPS) is 11.6. The van der Waals surface area contributed by atoms with Crippen molar-refractivity contribution in [2.75, 3.05) is 0 Å². The van der Waals surface area contributed by atoms with Crippen LogP contribution in [0.25, 0.3) is 0 Å². The first-order valence-electron chi connectivity index (χ1n) is 5.57. The van der Waals surface area contributed by atoms with Gasteiger partial charge in [-0.05, 0) is 29.8 Å². The average Bonchev–Trinajstić information content (AvgIpc) is 2.40. The van der Waals surface area contributed by atoms with Crippen LogP contribution in [0.1, 0.15) is 21.8 Å². The van der Waals surface area contributed by atoms with Crippen molar-refractivity contribution in [3.05, 3.63) is 69.7 Å². The van der Waals surface area contributed by atoms with Crippen molar-refractivity contribution in [1.29, 1.82) is 5.26 Å². The second-order valence-corrected chi connectivity index (χ2v) is 4.80. The van der Waals surface area contributed by atoms with Gasteiger partial charge >= 0.3 is 0 Å². The lowest BCUT2D eigenvalue weighted by molar-refractivity contribution is 0.0979. The van der Waals surface area contributed by atoms with E-state index >= 15 is 0 Å². The number of ketones is 1. The number of benzene rings is 2. The van der Waals surface area contributed by atoms with Crippen LogP contribution in [0.15, 0.2) is 48.5 Å². The lowest BCUT2D eigenvalue weighted by Crippen LogP contribution is -2.11. The molecule has 0 saturated heterocycles. The first-order valence-corrected chi connectivity index (χ1v) is 6.33. The first-order chi connectivity index (χ1) is 9.13. The van der Waals surface area contributed by atoms with Crippen LogP contribution in [0.3, 0.4) is 0 Å². The number of Topliss-reactive ketones (excluding diaryl/α,β-unsaturated/α-hetero) is 1. The third kappa shape index (κ3) is 2.96. The van der Waals surface area contributed by atoms with Crippen LogP contribution in [-0.2, 0) is 0 Å². The molecule has 0 heterocycles. The van der Waals surface area contributed by atoms with Crippen LogP contribution in [0.2, 0.25) is 10.0 Å². The van der Waals surface area contributed by atoms with Crippen molar-refractivity contribution in [2.24, 2.45) is 0 Å². The van der Waals surface area contributed by atoms with Gasteiger partial charge in [0.05, 0.1) is 11.1 Å². The summed E-state index contributed by atoms with van der Waals surface area (Å²) in [4.78, 5) is 12.4. The van der Waals surface area contributed by atoms with E-state index in [4.69, 9.17) is 23.2 Å². The minimum absolute atomic E-state index is 0.324. The summed E-state index contributed by atoms with van der Waals surface area (Å²) in [5.74, 6) is -1.23. The summed E-state index contributed by atoms with van der Waals surface area (Å²) in [5, 5.41) is 10.1. The molecule has 0 amide bonds.